The fraction of sp³-hybridized carbons (Fsp3) is 0.0800. The minimum Gasteiger partial charge on any atom is -0.497 e. The van der Waals surface area contributed by atoms with E-state index < -0.39 is 5.97 Å². The van der Waals surface area contributed by atoms with Crippen molar-refractivity contribution in [2.24, 2.45) is 4.99 Å². The average Bonchev–Trinajstić information content (AvgIpc) is 3.09. The van der Waals surface area contributed by atoms with Crippen LogP contribution in [0.1, 0.15) is 21.5 Å². The van der Waals surface area contributed by atoms with E-state index in [-0.39, 0.29) is 18.0 Å². The highest BCUT2D eigenvalue weighted by Crippen LogP contribution is 2.35. The second kappa shape index (κ2) is 9.53. The number of rotatable bonds is 6. The number of benzene rings is 3. The Balaban J connectivity index is 1.65. The maximum absolute atomic E-state index is 13.3. The standard InChI is InChI=1S/C25H20N2O4S/c1-31-21-13-9-17(10-14-21)15-22-23(28)27(16-18-7-11-19(12-8-18)24(29)30)25(32-22)26-20-5-3-2-4-6-20/h2-15H,16H2,1H3,(H,29,30). The normalized spacial score (nSPS) is 16.0. The van der Waals surface area contributed by atoms with Crippen LogP contribution in [0.5, 0.6) is 5.75 Å². The topological polar surface area (TPSA) is 79.2 Å². The molecule has 0 saturated carbocycles. The molecule has 1 fully saturated rings. The fourth-order valence-corrected chi connectivity index (χ4v) is 4.13. The molecule has 3 aromatic carbocycles. The third-order valence-electron chi connectivity index (χ3n) is 4.82. The summed E-state index contributed by atoms with van der Waals surface area (Å²) in [5.74, 6) is -0.390. The molecule has 1 saturated heterocycles. The summed E-state index contributed by atoms with van der Waals surface area (Å²) in [6.45, 7) is 0.289. The molecule has 0 radical (unpaired) electrons. The Morgan fingerprint density at radius 3 is 2.34 bits per heavy atom. The van der Waals surface area contributed by atoms with Crippen molar-refractivity contribution >= 4 is 40.6 Å². The summed E-state index contributed by atoms with van der Waals surface area (Å²) >= 11 is 1.32. The van der Waals surface area contributed by atoms with Crippen LogP contribution >= 0.6 is 11.8 Å². The van der Waals surface area contributed by atoms with Crippen molar-refractivity contribution in [2.75, 3.05) is 7.11 Å². The molecule has 1 aliphatic heterocycles. The second-order valence-electron chi connectivity index (χ2n) is 7.01. The summed E-state index contributed by atoms with van der Waals surface area (Å²) in [5.41, 5.74) is 2.65. The number of methoxy groups -OCH3 is 1. The third kappa shape index (κ3) is 4.90. The van der Waals surface area contributed by atoms with Gasteiger partial charge in [0.05, 0.1) is 29.8 Å². The number of nitrogens with zero attached hydrogens (tertiary/aromatic N) is 2. The number of para-hydroxylation sites is 1. The van der Waals surface area contributed by atoms with E-state index in [1.54, 1.807) is 24.1 Å². The molecule has 0 atom stereocenters. The van der Waals surface area contributed by atoms with Gasteiger partial charge in [-0.05, 0) is 65.4 Å². The lowest BCUT2D eigenvalue weighted by atomic mass is 10.1. The Bertz CT molecular complexity index is 1190. The Labute approximate surface area is 189 Å². The van der Waals surface area contributed by atoms with Gasteiger partial charge in [0.15, 0.2) is 5.17 Å². The molecular formula is C25H20N2O4S. The number of aliphatic imine (C=N–C) groups is 1. The van der Waals surface area contributed by atoms with E-state index in [1.807, 2.05) is 60.7 Å². The Morgan fingerprint density at radius 1 is 1.03 bits per heavy atom. The zero-order valence-electron chi connectivity index (χ0n) is 17.3. The Hall–Kier alpha value is -3.84. The summed E-state index contributed by atoms with van der Waals surface area (Å²) in [6.07, 6.45) is 1.83. The first kappa shape index (κ1) is 21.4. The van der Waals surface area contributed by atoms with Crippen LogP contribution in [0.3, 0.4) is 0 Å². The third-order valence-corrected chi connectivity index (χ3v) is 5.83. The van der Waals surface area contributed by atoms with E-state index >= 15 is 0 Å². The van der Waals surface area contributed by atoms with E-state index in [9.17, 15) is 9.59 Å². The quantitative estimate of drug-likeness (QED) is 0.529. The molecule has 1 aliphatic rings. The van der Waals surface area contributed by atoms with Gasteiger partial charge in [-0.2, -0.15) is 0 Å². The number of hydrogen-bond donors (Lipinski definition) is 1. The highest BCUT2D eigenvalue weighted by molar-refractivity contribution is 8.18. The summed E-state index contributed by atoms with van der Waals surface area (Å²) < 4.78 is 5.19. The predicted octanol–water partition coefficient (Wildman–Crippen LogP) is 5.20. The van der Waals surface area contributed by atoms with Gasteiger partial charge in [0.2, 0.25) is 0 Å². The molecule has 160 valence electrons. The maximum Gasteiger partial charge on any atom is 0.335 e. The van der Waals surface area contributed by atoms with Crippen LogP contribution in [0.25, 0.3) is 6.08 Å². The van der Waals surface area contributed by atoms with E-state index in [4.69, 9.17) is 9.84 Å². The average molecular weight is 445 g/mol. The molecule has 4 rings (SSSR count). The van der Waals surface area contributed by atoms with Crippen molar-refractivity contribution in [2.45, 2.75) is 6.54 Å². The number of carbonyl (C=O) groups is 2. The van der Waals surface area contributed by atoms with Crippen LogP contribution in [0.15, 0.2) is 88.8 Å². The van der Waals surface area contributed by atoms with Gasteiger partial charge in [0.25, 0.3) is 5.91 Å². The fourth-order valence-electron chi connectivity index (χ4n) is 3.13. The van der Waals surface area contributed by atoms with E-state index in [1.165, 1.54) is 23.9 Å². The molecule has 0 unspecified atom stereocenters. The number of hydrogen-bond acceptors (Lipinski definition) is 5. The van der Waals surface area contributed by atoms with Crippen molar-refractivity contribution in [1.82, 2.24) is 4.90 Å². The van der Waals surface area contributed by atoms with Crippen LogP contribution in [0, 0.1) is 0 Å². The van der Waals surface area contributed by atoms with Crippen LogP contribution in [-0.4, -0.2) is 34.2 Å². The van der Waals surface area contributed by atoms with Gasteiger partial charge < -0.3 is 9.84 Å². The first-order valence-corrected chi connectivity index (χ1v) is 10.7. The highest BCUT2D eigenvalue weighted by atomic mass is 32.2. The monoisotopic (exact) mass is 444 g/mol. The number of amides is 1. The minimum atomic E-state index is -0.986. The molecular weight excluding hydrogens is 424 g/mol. The van der Waals surface area contributed by atoms with Crippen LogP contribution in [0.2, 0.25) is 0 Å². The number of carboxylic acid groups (broad SMARTS) is 1. The van der Waals surface area contributed by atoms with Crippen LogP contribution in [0.4, 0.5) is 5.69 Å². The van der Waals surface area contributed by atoms with Crippen LogP contribution < -0.4 is 4.74 Å². The van der Waals surface area contributed by atoms with Crippen molar-refractivity contribution in [3.05, 3.63) is 100 Å². The second-order valence-corrected chi connectivity index (χ2v) is 8.02. The molecule has 6 nitrogen and oxygen atoms in total. The van der Waals surface area contributed by atoms with Crippen molar-refractivity contribution in [3.63, 3.8) is 0 Å². The number of thioether (sulfide) groups is 1. The van der Waals surface area contributed by atoms with E-state index in [0.717, 1.165) is 22.6 Å². The number of carboxylic acids is 1. The van der Waals surface area contributed by atoms with Gasteiger partial charge in [-0.1, -0.05) is 42.5 Å². The van der Waals surface area contributed by atoms with Crippen molar-refractivity contribution in [3.8, 4) is 5.75 Å². The zero-order valence-corrected chi connectivity index (χ0v) is 18.1. The number of ether oxygens (including phenoxy) is 1. The molecule has 1 heterocycles. The summed E-state index contributed by atoms with van der Waals surface area (Å²) in [7, 11) is 1.61. The van der Waals surface area contributed by atoms with Gasteiger partial charge in [-0.25, -0.2) is 9.79 Å². The Morgan fingerprint density at radius 2 is 1.72 bits per heavy atom. The minimum absolute atomic E-state index is 0.150. The van der Waals surface area contributed by atoms with E-state index in [2.05, 4.69) is 4.99 Å². The highest BCUT2D eigenvalue weighted by Gasteiger charge is 2.33. The SMILES string of the molecule is COc1ccc(C=C2SC(=Nc3ccccc3)N(Cc3ccc(C(=O)O)cc3)C2=O)cc1. The van der Waals surface area contributed by atoms with E-state index in [0.29, 0.717) is 10.1 Å². The van der Waals surface area contributed by atoms with Gasteiger partial charge in [0.1, 0.15) is 5.75 Å². The molecule has 0 aliphatic carbocycles. The van der Waals surface area contributed by atoms with Gasteiger partial charge in [-0.15, -0.1) is 0 Å². The maximum atomic E-state index is 13.3. The molecule has 0 aromatic heterocycles. The molecule has 0 bridgehead atoms. The number of amidine groups is 1. The van der Waals surface area contributed by atoms with Gasteiger partial charge >= 0.3 is 5.97 Å². The first-order valence-electron chi connectivity index (χ1n) is 9.85. The zero-order chi connectivity index (χ0) is 22.5. The summed E-state index contributed by atoms with van der Waals surface area (Å²) in [5, 5.41) is 9.69. The molecule has 32 heavy (non-hydrogen) atoms. The smallest absolute Gasteiger partial charge is 0.335 e. The van der Waals surface area contributed by atoms with Crippen LogP contribution in [-0.2, 0) is 11.3 Å². The summed E-state index contributed by atoms with van der Waals surface area (Å²) in [4.78, 5) is 31.2. The lowest BCUT2D eigenvalue weighted by molar-refractivity contribution is -0.122. The summed E-state index contributed by atoms with van der Waals surface area (Å²) in [6, 6.07) is 23.4. The molecule has 0 spiro atoms. The first-order chi connectivity index (χ1) is 15.5. The molecule has 3 aromatic rings. The largest absolute Gasteiger partial charge is 0.497 e. The lowest BCUT2D eigenvalue weighted by Gasteiger charge is -2.16. The lowest BCUT2D eigenvalue weighted by Crippen LogP contribution is -2.28. The van der Waals surface area contributed by atoms with Crippen molar-refractivity contribution in [1.29, 1.82) is 0 Å². The molecule has 1 amide bonds. The number of carbonyl (C=O) groups excluding carboxylic acids is 1. The number of aromatic carboxylic acids is 1. The predicted molar refractivity (Wildman–Crippen MR) is 126 cm³/mol. The molecule has 7 heteroatoms. The van der Waals surface area contributed by atoms with Gasteiger partial charge in [-0.3, -0.25) is 9.69 Å². The van der Waals surface area contributed by atoms with Gasteiger partial charge in [0, 0.05) is 0 Å². The molecule has 1 N–H and O–H groups in total. The Kier molecular flexibility index (Phi) is 6.37. The van der Waals surface area contributed by atoms with Crippen molar-refractivity contribution < 1.29 is 19.4 Å².